The van der Waals surface area contributed by atoms with Gasteiger partial charge in [0.1, 0.15) is 5.82 Å². The Hall–Kier alpha value is -1.29. The van der Waals surface area contributed by atoms with Crippen LogP contribution < -0.4 is 11.1 Å². The van der Waals surface area contributed by atoms with Crippen LogP contribution in [0.25, 0.3) is 0 Å². The molecule has 0 bridgehead atoms. The summed E-state index contributed by atoms with van der Waals surface area (Å²) < 4.78 is 5.46. The van der Waals surface area contributed by atoms with E-state index in [0.29, 0.717) is 5.82 Å². The summed E-state index contributed by atoms with van der Waals surface area (Å²) in [4.78, 5) is 4.00. The minimum atomic E-state index is 0.549. The number of anilines is 2. The molecule has 16 heavy (non-hydrogen) atoms. The van der Waals surface area contributed by atoms with Crippen LogP contribution in [0, 0.1) is 0 Å². The van der Waals surface area contributed by atoms with E-state index in [1.807, 2.05) is 6.07 Å². The fourth-order valence-electron chi connectivity index (χ4n) is 1.27. The van der Waals surface area contributed by atoms with Crippen molar-refractivity contribution in [2.75, 3.05) is 30.8 Å². The quantitative estimate of drug-likeness (QED) is 0.664. The number of hydrogen-bond donors (Lipinski definition) is 2. The van der Waals surface area contributed by atoms with Crippen LogP contribution in [0.15, 0.2) is 18.3 Å². The van der Waals surface area contributed by atoms with Gasteiger partial charge in [0.05, 0.1) is 11.9 Å². The molecule has 1 aromatic rings. The summed E-state index contributed by atoms with van der Waals surface area (Å²) >= 11 is 0. The molecule has 0 aliphatic carbocycles. The Morgan fingerprint density at radius 2 is 2.12 bits per heavy atom. The van der Waals surface area contributed by atoms with Gasteiger partial charge < -0.3 is 15.8 Å². The summed E-state index contributed by atoms with van der Waals surface area (Å²) in [5, 5.41) is 3.26. The SMILES string of the molecule is CCCCOCCCNc1ccc(N)nc1. The zero-order valence-corrected chi connectivity index (χ0v) is 9.91. The van der Waals surface area contributed by atoms with Crippen LogP contribution in [0.1, 0.15) is 26.2 Å². The van der Waals surface area contributed by atoms with Gasteiger partial charge in [0.15, 0.2) is 0 Å². The molecule has 0 saturated carbocycles. The number of pyridine rings is 1. The Morgan fingerprint density at radius 1 is 1.31 bits per heavy atom. The van der Waals surface area contributed by atoms with Crippen LogP contribution in [0.3, 0.4) is 0 Å². The Bertz CT molecular complexity index is 274. The molecule has 0 unspecified atom stereocenters. The van der Waals surface area contributed by atoms with Crippen LogP contribution in [0.2, 0.25) is 0 Å². The first kappa shape index (κ1) is 12.8. The Labute approximate surface area is 97.2 Å². The van der Waals surface area contributed by atoms with Crippen LogP contribution >= 0.6 is 0 Å². The number of nitrogens with two attached hydrogens (primary N) is 1. The second-order valence-electron chi connectivity index (χ2n) is 3.72. The zero-order valence-electron chi connectivity index (χ0n) is 9.91. The highest BCUT2D eigenvalue weighted by atomic mass is 16.5. The van der Waals surface area contributed by atoms with Crippen LogP contribution in [-0.4, -0.2) is 24.7 Å². The van der Waals surface area contributed by atoms with Gasteiger partial charge in [-0.3, -0.25) is 0 Å². The molecule has 4 nitrogen and oxygen atoms in total. The van der Waals surface area contributed by atoms with Crippen molar-refractivity contribution in [1.82, 2.24) is 4.98 Å². The molecule has 0 aromatic carbocycles. The summed E-state index contributed by atoms with van der Waals surface area (Å²) in [7, 11) is 0. The molecule has 0 radical (unpaired) electrons. The summed E-state index contributed by atoms with van der Waals surface area (Å²) in [6.07, 6.45) is 5.09. The van der Waals surface area contributed by atoms with Crippen LogP contribution in [-0.2, 0) is 4.74 Å². The normalized spacial score (nSPS) is 10.3. The van der Waals surface area contributed by atoms with Gasteiger partial charge in [0.2, 0.25) is 0 Å². The molecular weight excluding hydrogens is 202 g/mol. The topological polar surface area (TPSA) is 60.2 Å². The molecule has 90 valence electrons. The average molecular weight is 223 g/mol. The molecule has 1 aromatic heterocycles. The van der Waals surface area contributed by atoms with Gasteiger partial charge in [-0.2, -0.15) is 0 Å². The third kappa shape index (κ3) is 5.56. The van der Waals surface area contributed by atoms with E-state index >= 15 is 0 Å². The predicted molar refractivity (Wildman–Crippen MR) is 67.5 cm³/mol. The lowest BCUT2D eigenvalue weighted by Crippen LogP contribution is -2.06. The molecule has 1 rings (SSSR count). The molecule has 0 aliphatic rings. The third-order valence-corrected chi connectivity index (χ3v) is 2.22. The molecule has 0 aliphatic heterocycles. The van der Waals surface area contributed by atoms with E-state index in [0.717, 1.165) is 38.3 Å². The van der Waals surface area contributed by atoms with Crippen molar-refractivity contribution < 1.29 is 4.74 Å². The lowest BCUT2D eigenvalue weighted by molar-refractivity contribution is 0.131. The first-order chi connectivity index (χ1) is 7.83. The maximum Gasteiger partial charge on any atom is 0.123 e. The number of nitrogens with zero attached hydrogens (tertiary/aromatic N) is 1. The number of aromatic nitrogens is 1. The first-order valence-electron chi connectivity index (χ1n) is 5.86. The number of nitrogen functional groups attached to an aromatic ring is 1. The molecule has 0 amide bonds. The average Bonchev–Trinajstić information content (AvgIpc) is 2.30. The van der Waals surface area contributed by atoms with Crippen molar-refractivity contribution in [3.63, 3.8) is 0 Å². The maximum absolute atomic E-state index is 5.49. The third-order valence-electron chi connectivity index (χ3n) is 2.22. The molecule has 0 fully saturated rings. The van der Waals surface area contributed by atoms with E-state index < -0.39 is 0 Å². The molecular formula is C12H21N3O. The van der Waals surface area contributed by atoms with Crippen LogP contribution in [0.4, 0.5) is 11.5 Å². The standard InChI is InChI=1S/C12H21N3O/c1-2-3-8-16-9-4-7-14-11-5-6-12(13)15-10-11/h5-6,10,14H,2-4,7-9H2,1H3,(H2,13,15). The van der Waals surface area contributed by atoms with Crippen molar-refractivity contribution in [2.24, 2.45) is 0 Å². The Morgan fingerprint density at radius 3 is 2.81 bits per heavy atom. The number of hydrogen-bond acceptors (Lipinski definition) is 4. The highest BCUT2D eigenvalue weighted by molar-refractivity contribution is 5.45. The minimum Gasteiger partial charge on any atom is -0.384 e. The number of rotatable bonds is 8. The molecule has 0 atom stereocenters. The van der Waals surface area contributed by atoms with Gasteiger partial charge in [0.25, 0.3) is 0 Å². The fraction of sp³-hybridized carbons (Fsp3) is 0.583. The number of unbranched alkanes of at least 4 members (excludes halogenated alkanes) is 1. The highest BCUT2D eigenvalue weighted by Crippen LogP contribution is 2.06. The van der Waals surface area contributed by atoms with Gasteiger partial charge in [-0.15, -0.1) is 0 Å². The van der Waals surface area contributed by atoms with Gasteiger partial charge in [-0.05, 0) is 25.0 Å². The van der Waals surface area contributed by atoms with E-state index in [1.54, 1.807) is 12.3 Å². The van der Waals surface area contributed by atoms with E-state index in [4.69, 9.17) is 10.5 Å². The Balaban J connectivity index is 2.01. The zero-order chi connectivity index (χ0) is 11.6. The molecule has 0 spiro atoms. The minimum absolute atomic E-state index is 0.549. The second kappa shape index (κ2) is 7.93. The highest BCUT2D eigenvalue weighted by Gasteiger charge is 1.92. The van der Waals surface area contributed by atoms with Crippen molar-refractivity contribution in [3.05, 3.63) is 18.3 Å². The second-order valence-corrected chi connectivity index (χ2v) is 3.72. The van der Waals surface area contributed by atoms with Gasteiger partial charge >= 0.3 is 0 Å². The summed E-state index contributed by atoms with van der Waals surface area (Å²) in [5.74, 6) is 0.549. The summed E-state index contributed by atoms with van der Waals surface area (Å²) in [6.45, 7) is 4.76. The fourth-order valence-corrected chi connectivity index (χ4v) is 1.27. The van der Waals surface area contributed by atoms with E-state index in [9.17, 15) is 0 Å². The van der Waals surface area contributed by atoms with Gasteiger partial charge in [0, 0.05) is 19.8 Å². The van der Waals surface area contributed by atoms with Gasteiger partial charge in [-0.1, -0.05) is 13.3 Å². The Kier molecular flexibility index (Phi) is 6.33. The molecule has 4 heteroatoms. The van der Waals surface area contributed by atoms with E-state index in [1.165, 1.54) is 6.42 Å². The first-order valence-corrected chi connectivity index (χ1v) is 5.86. The van der Waals surface area contributed by atoms with E-state index in [2.05, 4.69) is 17.2 Å². The molecule has 1 heterocycles. The van der Waals surface area contributed by atoms with Crippen molar-refractivity contribution >= 4 is 11.5 Å². The lowest BCUT2D eigenvalue weighted by atomic mass is 10.3. The van der Waals surface area contributed by atoms with Crippen LogP contribution in [0.5, 0.6) is 0 Å². The monoisotopic (exact) mass is 223 g/mol. The van der Waals surface area contributed by atoms with Crippen molar-refractivity contribution in [3.8, 4) is 0 Å². The summed E-state index contributed by atoms with van der Waals surface area (Å²) in [5.41, 5.74) is 6.49. The van der Waals surface area contributed by atoms with Crippen molar-refractivity contribution in [1.29, 1.82) is 0 Å². The number of nitrogens with one attached hydrogen (secondary N) is 1. The van der Waals surface area contributed by atoms with Crippen molar-refractivity contribution in [2.45, 2.75) is 26.2 Å². The maximum atomic E-state index is 5.49. The van der Waals surface area contributed by atoms with Gasteiger partial charge in [-0.25, -0.2) is 4.98 Å². The molecule has 0 saturated heterocycles. The summed E-state index contributed by atoms with van der Waals surface area (Å²) in [6, 6.07) is 3.72. The number of ether oxygens (including phenoxy) is 1. The smallest absolute Gasteiger partial charge is 0.123 e. The van der Waals surface area contributed by atoms with E-state index in [-0.39, 0.29) is 0 Å². The lowest BCUT2D eigenvalue weighted by Gasteiger charge is -2.06. The predicted octanol–water partition coefficient (Wildman–Crippen LogP) is 2.28. The molecule has 3 N–H and O–H groups in total. The largest absolute Gasteiger partial charge is 0.384 e.